The zero-order valence-corrected chi connectivity index (χ0v) is 12.4. The van der Waals surface area contributed by atoms with E-state index in [0.717, 1.165) is 30.2 Å². The van der Waals surface area contributed by atoms with Crippen molar-refractivity contribution >= 4 is 11.5 Å². The molecule has 0 spiro atoms. The van der Waals surface area contributed by atoms with E-state index in [2.05, 4.69) is 39.7 Å². The van der Waals surface area contributed by atoms with Crippen LogP contribution in [0.2, 0.25) is 0 Å². The number of hydrogen-bond acceptors (Lipinski definition) is 3. The van der Waals surface area contributed by atoms with E-state index in [4.69, 9.17) is 5.73 Å². The number of anilines is 1. The van der Waals surface area contributed by atoms with Crippen LogP contribution in [0.15, 0.2) is 29.4 Å². The maximum Gasteiger partial charge on any atom is 0.0396 e. The molecule has 0 saturated heterocycles. The molecule has 1 aliphatic heterocycles. The summed E-state index contributed by atoms with van der Waals surface area (Å²) >= 11 is 0. The third kappa shape index (κ3) is 2.93. The van der Waals surface area contributed by atoms with Crippen LogP contribution < -0.4 is 10.7 Å². The fourth-order valence-corrected chi connectivity index (χ4v) is 2.01. The van der Waals surface area contributed by atoms with Gasteiger partial charge in [0.2, 0.25) is 0 Å². The van der Waals surface area contributed by atoms with Crippen LogP contribution in [0.3, 0.4) is 0 Å². The van der Waals surface area contributed by atoms with Crippen LogP contribution in [0.1, 0.15) is 18.4 Å². The van der Waals surface area contributed by atoms with Crippen molar-refractivity contribution in [3.63, 3.8) is 0 Å². The number of hydrazone groups is 1. The third-order valence-electron chi connectivity index (χ3n) is 3.22. The van der Waals surface area contributed by atoms with E-state index in [1.807, 2.05) is 0 Å². The number of benzene rings is 1. The average molecular weight is 424 g/mol. The van der Waals surface area contributed by atoms with Gasteiger partial charge in [0.15, 0.2) is 0 Å². The summed E-state index contributed by atoms with van der Waals surface area (Å²) in [7, 11) is 0. The molecule has 100 valence electrons. The summed E-state index contributed by atoms with van der Waals surface area (Å²) in [6.45, 7) is 2.32. The standard InChI is InChI=1S/C13H17N4.Pt/c14-9-10-1-5-12(6-2-10)17-8-7-15-13(16-17)11-3-4-11;/h1-2,5-6,11H,3-4,7-9,14H2;/q-1;. The van der Waals surface area contributed by atoms with Gasteiger partial charge in [-0.05, 0) is 43.0 Å². The van der Waals surface area contributed by atoms with Crippen LogP contribution in [-0.2, 0) is 27.6 Å². The van der Waals surface area contributed by atoms with Crippen molar-refractivity contribution in [1.29, 1.82) is 0 Å². The van der Waals surface area contributed by atoms with E-state index in [0.29, 0.717) is 12.5 Å². The Balaban J connectivity index is 0.00000120. The van der Waals surface area contributed by atoms with Crippen molar-refractivity contribution in [2.24, 2.45) is 16.8 Å². The van der Waals surface area contributed by atoms with Gasteiger partial charge in [0.05, 0.1) is 0 Å². The number of nitrogens with zero attached hydrogens (tertiary/aromatic N) is 3. The Hall–Kier alpha value is -0.862. The molecule has 1 aromatic rings. The van der Waals surface area contributed by atoms with Gasteiger partial charge in [0.25, 0.3) is 0 Å². The molecule has 1 aromatic carbocycles. The largest absolute Gasteiger partial charge is 0.466 e. The zero-order valence-electron chi connectivity index (χ0n) is 10.2. The van der Waals surface area contributed by atoms with Crippen molar-refractivity contribution in [2.75, 3.05) is 18.1 Å². The SMILES string of the molecule is NCc1ccc(N2CC[N-]C(C3CC3)=N2)cc1.[Pt]. The van der Waals surface area contributed by atoms with Gasteiger partial charge in [-0.1, -0.05) is 18.0 Å². The minimum Gasteiger partial charge on any atom is -0.466 e. The minimum absolute atomic E-state index is 0. The number of rotatable bonds is 3. The normalized spacial score (nSPS) is 18.7. The molecule has 5 heteroatoms. The summed E-state index contributed by atoms with van der Waals surface area (Å²) in [6.07, 6.45) is 2.50. The summed E-state index contributed by atoms with van der Waals surface area (Å²) in [5, 5.41) is 11.2. The first-order valence-electron chi connectivity index (χ1n) is 6.19. The van der Waals surface area contributed by atoms with Crippen molar-refractivity contribution in [3.8, 4) is 0 Å². The van der Waals surface area contributed by atoms with E-state index in [-0.39, 0.29) is 21.1 Å². The van der Waals surface area contributed by atoms with E-state index < -0.39 is 0 Å². The Morgan fingerprint density at radius 3 is 2.61 bits per heavy atom. The Labute approximate surface area is 122 Å². The van der Waals surface area contributed by atoms with Gasteiger partial charge >= 0.3 is 0 Å². The van der Waals surface area contributed by atoms with Gasteiger partial charge in [-0.3, -0.25) is 0 Å². The number of nitrogens with two attached hydrogens (primary N) is 1. The smallest absolute Gasteiger partial charge is 0.0396 e. The third-order valence-corrected chi connectivity index (χ3v) is 3.22. The molecule has 0 atom stereocenters. The van der Waals surface area contributed by atoms with Gasteiger partial charge in [0, 0.05) is 39.8 Å². The molecule has 2 aliphatic rings. The molecule has 1 saturated carbocycles. The molecule has 4 nitrogen and oxygen atoms in total. The molecule has 0 amide bonds. The predicted molar refractivity (Wildman–Crippen MR) is 70.1 cm³/mol. The quantitative estimate of drug-likeness (QED) is 0.808. The van der Waals surface area contributed by atoms with Crippen LogP contribution in [0.4, 0.5) is 5.69 Å². The monoisotopic (exact) mass is 424 g/mol. The predicted octanol–water partition coefficient (Wildman–Crippen LogP) is 2.06. The molecule has 0 aromatic heterocycles. The second-order valence-corrected chi connectivity index (χ2v) is 4.61. The van der Waals surface area contributed by atoms with Crippen LogP contribution in [0, 0.1) is 5.92 Å². The fraction of sp³-hybridized carbons (Fsp3) is 0.462. The maximum absolute atomic E-state index is 5.59. The Bertz CT molecular complexity index is 425. The fourth-order valence-electron chi connectivity index (χ4n) is 2.01. The molecular formula is C13H17N4Pt-. The molecule has 1 aliphatic carbocycles. The maximum atomic E-state index is 5.59. The molecule has 0 bridgehead atoms. The van der Waals surface area contributed by atoms with Crippen LogP contribution in [0.5, 0.6) is 0 Å². The molecule has 0 radical (unpaired) electrons. The summed E-state index contributed by atoms with van der Waals surface area (Å²) in [5.74, 6) is 1.67. The summed E-state index contributed by atoms with van der Waals surface area (Å²) in [4.78, 5) is 0. The molecule has 0 unspecified atom stereocenters. The van der Waals surface area contributed by atoms with Gasteiger partial charge in [-0.25, -0.2) is 0 Å². The first-order valence-corrected chi connectivity index (χ1v) is 6.19. The Morgan fingerprint density at radius 1 is 1.28 bits per heavy atom. The topological polar surface area (TPSA) is 55.7 Å². The van der Waals surface area contributed by atoms with Crippen LogP contribution in [-0.4, -0.2) is 18.9 Å². The summed E-state index contributed by atoms with van der Waals surface area (Å²) < 4.78 is 0. The van der Waals surface area contributed by atoms with Crippen LogP contribution >= 0.6 is 0 Å². The average Bonchev–Trinajstić information content (AvgIpc) is 3.23. The molecule has 18 heavy (non-hydrogen) atoms. The van der Waals surface area contributed by atoms with Gasteiger partial charge in [-0.2, -0.15) is 0 Å². The first-order chi connectivity index (χ1) is 8.36. The number of amidine groups is 1. The Morgan fingerprint density at radius 2 is 2.00 bits per heavy atom. The number of hydrogen-bond donors (Lipinski definition) is 1. The van der Waals surface area contributed by atoms with Gasteiger partial charge in [0.1, 0.15) is 0 Å². The molecule has 1 fully saturated rings. The van der Waals surface area contributed by atoms with Crippen molar-refractivity contribution in [2.45, 2.75) is 19.4 Å². The first kappa shape index (κ1) is 13.6. The van der Waals surface area contributed by atoms with Crippen molar-refractivity contribution in [1.82, 2.24) is 0 Å². The van der Waals surface area contributed by atoms with Gasteiger partial charge < -0.3 is 21.2 Å². The summed E-state index contributed by atoms with van der Waals surface area (Å²) in [6, 6.07) is 8.30. The van der Waals surface area contributed by atoms with E-state index in [1.54, 1.807) is 0 Å². The molecular weight excluding hydrogens is 407 g/mol. The van der Waals surface area contributed by atoms with Gasteiger partial charge in [-0.15, -0.1) is 0 Å². The molecule has 2 N–H and O–H groups in total. The summed E-state index contributed by atoms with van der Waals surface area (Å²) in [5.41, 5.74) is 7.88. The molecule has 3 rings (SSSR count). The van der Waals surface area contributed by atoms with E-state index in [1.165, 1.54) is 12.8 Å². The van der Waals surface area contributed by atoms with E-state index >= 15 is 0 Å². The minimum atomic E-state index is 0. The van der Waals surface area contributed by atoms with Crippen molar-refractivity contribution < 1.29 is 21.1 Å². The zero-order chi connectivity index (χ0) is 11.7. The van der Waals surface area contributed by atoms with Crippen molar-refractivity contribution in [3.05, 3.63) is 35.1 Å². The second-order valence-electron chi connectivity index (χ2n) is 4.61. The van der Waals surface area contributed by atoms with Crippen LogP contribution in [0.25, 0.3) is 5.32 Å². The Kier molecular flexibility index (Phi) is 4.41. The molecule has 1 heterocycles. The second kappa shape index (κ2) is 5.85. The van der Waals surface area contributed by atoms with E-state index in [9.17, 15) is 0 Å².